The van der Waals surface area contributed by atoms with Crippen molar-refractivity contribution < 1.29 is 24.2 Å². The molecule has 5 heteroatoms. The highest BCUT2D eigenvalue weighted by atomic mass is 16.6. The molecule has 4 aliphatic carbocycles. The number of carboxylic acids is 1. The average molecular weight is 344 g/mol. The first-order valence-electron chi connectivity index (χ1n) is 9.13. The zero-order valence-electron chi connectivity index (χ0n) is 14.3. The number of carbonyl (C=O) groups excluding carboxylic acids is 1. The van der Waals surface area contributed by atoms with E-state index < -0.39 is 5.97 Å². The number of carboxylic acid groups (broad SMARTS) is 1. The Morgan fingerprint density at radius 2 is 1.56 bits per heavy atom. The second kappa shape index (κ2) is 6.36. The minimum atomic E-state index is -0.985. The molecule has 0 amide bonds. The summed E-state index contributed by atoms with van der Waals surface area (Å²) in [6.07, 6.45) is 7.77. The van der Waals surface area contributed by atoms with Crippen LogP contribution in [-0.4, -0.2) is 30.3 Å². The number of benzene rings is 1. The highest BCUT2D eigenvalue weighted by Gasteiger charge is 2.51. The summed E-state index contributed by atoms with van der Waals surface area (Å²) in [6.45, 7) is 0.384. The molecule has 4 saturated carbocycles. The Labute approximate surface area is 147 Å². The lowest BCUT2D eigenvalue weighted by atomic mass is 9.50. The van der Waals surface area contributed by atoms with Crippen molar-refractivity contribution >= 4 is 11.9 Å². The van der Waals surface area contributed by atoms with E-state index >= 15 is 0 Å². The van der Waals surface area contributed by atoms with Gasteiger partial charge in [0.1, 0.15) is 5.75 Å². The third-order valence-corrected chi connectivity index (χ3v) is 6.16. The average Bonchev–Trinajstić information content (AvgIpc) is 2.57. The van der Waals surface area contributed by atoms with Gasteiger partial charge < -0.3 is 14.6 Å². The summed E-state index contributed by atoms with van der Waals surface area (Å²) in [4.78, 5) is 22.9. The molecule has 0 aliphatic heterocycles. The van der Waals surface area contributed by atoms with Gasteiger partial charge in [-0.1, -0.05) is 0 Å². The second-order valence-corrected chi connectivity index (χ2v) is 8.20. The molecule has 25 heavy (non-hydrogen) atoms. The predicted molar refractivity (Wildman–Crippen MR) is 90.5 cm³/mol. The standard InChI is InChI=1S/C20H24O5/c21-18(11-24-17-3-1-16(2-4-17)19(22)23)25-12-20-8-13-5-14(9-20)7-15(6-13)10-20/h1-4,13-15H,5-12H2,(H,22,23). The molecule has 4 aliphatic rings. The minimum Gasteiger partial charge on any atom is -0.482 e. The Morgan fingerprint density at radius 1 is 1.00 bits per heavy atom. The lowest BCUT2D eigenvalue weighted by Crippen LogP contribution is -2.48. The van der Waals surface area contributed by atoms with Crippen LogP contribution in [0.4, 0.5) is 0 Å². The molecule has 1 aromatic rings. The first-order chi connectivity index (χ1) is 12.0. The minimum absolute atomic E-state index is 0.140. The van der Waals surface area contributed by atoms with Crippen LogP contribution in [0.25, 0.3) is 0 Å². The molecular formula is C20H24O5. The monoisotopic (exact) mass is 344 g/mol. The van der Waals surface area contributed by atoms with E-state index in [1.165, 1.54) is 50.7 Å². The van der Waals surface area contributed by atoms with Crippen LogP contribution >= 0.6 is 0 Å². The van der Waals surface area contributed by atoms with Gasteiger partial charge in [0.2, 0.25) is 0 Å². The van der Waals surface area contributed by atoms with E-state index in [1.54, 1.807) is 12.1 Å². The summed E-state index contributed by atoms with van der Waals surface area (Å²) >= 11 is 0. The largest absolute Gasteiger partial charge is 0.482 e. The van der Waals surface area contributed by atoms with Crippen molar-refractivity contribution in [2.75, 3.05) is 13.2 Å². The third-order valence-electron chi connectivity index (χ3n) is 6.16. The smallest absolute Gasteiger partial charge is 0.344 e. The number of ether oxygens (including phenoxy) is 2. The van der Waals surface area contributed by atoms with Gasteiger partial charge in [0, 0.05) is 5.41 Å². The summed E-state index contributed by atoms with van der Waals surface area (Å²) in [5.41, 5.74) is 0.407. The SMILES string of the molecule is O=C(COc1ccc(C(=O)O)cc1)OCC12CC3CC(CC(C3)C1)C2. The maximum Gasteiger partial charge on any atom is 0.344 e. The first-order valence-corrected chi connectivity index (χ1v) is 9.13. The van der Waals surface area contributed by atoms with E-state index in [2.05, 4.69) is 0 Å². The zero-order chi connectivity index (χ0) is 17.4. The summed E-state index contributed by atoms with van der Waals surface area (Å²) in [6, 6.07) is 6.02. The maximum absolute atomic E-state index is 12.0. The molecule has 0 heterocycles. The molecule has 1 N–H and O–H groups in total. The molecule has 5 rings (SSSR count). The van der Waals surface area contributed by atoms with Gasteiger partial charge in [-0.15, -0.1) is 0 Å². The van der Waals surface area contributed by atoms with Gasteiger partial charge in [0.05, 0.1) is 12.2 Å². The van der Waals surface area contributed by atoms with E-state index in [0.717, 1.165) is 17.8 Å². The van der Waals surface area contributed by atoms with E-state index in [-0.39, 0.29) is 23.6 Å². The molecule has 0 radical (unpaired) electrons. The van der Waals surface area contributed by atoms with Gasteiger partial charge in [0.25, 0.3) is 0 Å². The van der Waals surface area contributed by atoms with Crippen LogP contribution in [0.2, 0.25) is 0 Å². The van der Waals surface area contributed by atoms with Crippen molar-refractivity contribution in [3.63, 3.8) is 0 Å². The molecule has 0 aromatic heterocycles. The number of carbonyl (C=O) groups is 2. The van der Waals surface area contributed by atoms with Crippen LogP contribution in [0.1, 0.15) is 48.9 Å². The number of hydrogen-bond donors (Lipinski definition) is 1. The van der Waals surface area contributed by atoms with Gasteiger partial charge in [-0.05, 0) is 80.5 Å². The van der Waals surface area contributed by atoms with Crippen LogP contribution in [0, 0.1) is 23.2 Å². The van der Waals surface area contributed by atoms with Crippen LogP contribution in [0.3, 0.4) is 0 Å². The van der Waals surface area contributed by atoms with Crippen molar-refractivity contribution in [1.82, 2.24) is 0 Å². The highest BCUT2D eigenvalue weighted by molar-refractivity contribution is 5.87. The molecule has 0 spiro atoms. The normalized spacial score (nSPS) is 32.4. The van der Waals surface area contributed by atoms with Crippen molar-refractivity contribution in [2.24, 2.45) is 23.2 Å². The molecule has 0 saturated heterocycles. The van der Waals surface area contributed by atoms with E-state index in [0.29, 0.717) is 12.4 Å². The lowest BCUT2D eigenvalue weighted by Gasteiger charge is -2.56. The van der Waals surface area contributed by atoms with Crippen LogP contribution < -0.4 is 4.74 Å². The second-order valence-electron chi connectivity index (χ2n) is 8.20. The zero-order valence-corrected chi connectivity index (χ0v) is 14.3. The van der Waals surface area contributed by atoms with Crippen molar-refractivity contribution in [3.05, 3.63) is 29.8 Å². The van der Waals surface area contributed by atoms with Gasteiger partial charge in [-0.25, -0.2) is 9.59 Å². The Kier molecular flexibility index (Phi) is 4.18. The fourth-order valence-electron chi connectivity index (χ4n) is 5.58. The van der Waals surface area contributed by atoms with Gasteiger partial charge in [-0.3, -0.25) is 0 Å². The van der Waals surface area contributed by atoms with Crippen molar-refractivity contribution in [3.8, 4) is 5.75 Å². The van der Waals surface area contributed by atoms with Crippen LogP contribution in [-0.2, 0) is 9.53 Å². The van der Waals surface area contributed by atoms with Gasteiger partial charge in [-0.2, -0.15) is 0 Å². The molecule has 4 fully saturated rings. The molecular weight excluding hydrogens is 320 g/mol. The topological polar surface area (TPSA) is 72.8 Å². The predicted octanol–water partition coefficient (Wildman–Crippen LogP) is 3.52. The summed E-state index contributed by atoms with van der Waals surface area (Å²) in [5.74, 6) is 1.66. The van der Waals surface area contributed by atoms with Crippen LogP contribution in [0.15, 0.2) is 24.3 Å². The Morgan fingerprint density at radius 3 is 2.08 bits per heavy atom. The summed E-state index contributed by atoms with van der Waals surface area (Å²) in [5, 5.41) is 8.87. The number of hydrogen-bond acceptors (Lipinski definition) is 4. The van der Waals surface area contributed by atoms with E-state index in [1.807, 2.05) is 0 Å². The Hall–Kier alpha value is -2.04. The quantitative estimate of drug-likeness (QED) is 0.799. The molecule has 134 valence electrons. The first kappa shape index (κ1) is 16.4. The van der Waals surface area contributed by atoms with Crippen LogP contribution in [0.5, 0.6) is 5.75 Å². The van der Waals surface area contributed by atoms with Gasteiger partial charge >= 0.3 is 11.9 Å². The number of aromatic carboxylic acids is 1. The fourth-order valence-corrected chi connectivity index (χ4v) is 5.58. The maximum atomic E-state index is 12.0. The van der Waals surface area contributed by atoms with Crippen molar-refractivity contribution in [2.45, 2.75) is 38.5 Å². The Balaban J connectivity index is 1.26. The molecule has 1 aromatic carbocycles. The number of esters is 1. The van der Waals surface area contributed by atoms with Crippen molar-refractivity contribution in [1.29, 1.82) is 0 Å². The third kappa shape index (κ3) is 3.51. The Bertz CT molecular complexity index is 628. The fraction of sp³-hybridized carbons (Fsp3) is 0.600. The lowest BCUT2D eigenvalue weighted by molar-refractivity contribution is -0.157. The number of rotatable bonds is 6. The van der Waals surface area contributed by atoms with Gasteiger partial charge in [0.15, 0.2) is 6.61 Å². The van der Waals surface area contributed by atoms with E-state index in [4.69, 9.17) is 14.6 Å². The molecule has 5 nitrogen and oxygen atoms in total. The molecule has 0 unspecified atom stereocenters. The molecule has 4 bridgehead atoms. The van der Waals surface area contributed by atoms with E-state index in [9.17, 15) is 9.59 Å². The molecule has 0 atom stereocenters. The summed E-state index contributed by atoms with van der Waals surface area (Å²) < 4.78 is 11.0. The highest BCUT2D eigenvalue weighted by Crippen LogP contribution is 2.60. The summed E-state index contributed by atoms with van der Waals surface area (Å²) in [7, 11) is 0.